The molecule has 228 valence electrons. The van der Waals surface area contributed by atoms with Gasteiger partial charge in [0, 0.05) is 32.2 Å². The van der Waals surface area contributed by atoms with Crippen LogP contribution in [-0.2, 0) is 29.4 Å². The zero-order valence-corrected chi connectivity index (χ0v) is 26.2. The van der Waals surface area contributed by atoms with Crippen LogP contribution >= 0.6 is 0 Å². The Hall–Kier alpha value is -3.24. The molecule has 0 bridgehead atoms. The summed E-state index contributed by atoms with van der Waals surface area (Å²) in [6.07, 6.45) is 9.34. The molecule has 10 heteroatoms. The average Bonchev–Trinajstić information content (AvgIpc) is 3.48. The van der Waals surface area contributed by atoms with E-state index in [1.807, 2.05) is 12.1 Å². The first kappa shape index (κ1) is 31.7. The summed E-state index contributed by atoms with van der Waals surface area (Å²) in [4.78, 5) is 16.5. The topological polar surface area (TPSA) is 112 Å². The molecular weight excluding hydrogens is 546 g/mol. The maximum absolute atomic E-state index is 13.1. The molecule has 1 aliphatic heterocycles. The molecule has 1 fully saturated rings. The third kappa shape index (κ3) is 9.13. The zero-order valence-electron chi connectivity index (χ0n) is 25.4. The van der Waals surface area contributed by atoms with E-state index in [0.717, 1.165) is 69.2 Å². The molecule has 4 rings (SSSR count). The molecule has 0 unspecified atom stereocenters. The van der Waals surface area contributed by atoms with Crippen molar-refractivity contribution in [1.29, 1.82) is 0 Å². The van der Waals surface area contributed by atoms with E-state index in [4.69, 9.17) is 9.97 Å². The number of nitrogens with zero attached hydrogens (tertiary/aromatic N) is 4. The van der Waals surface area contributed by atoms with Crippen molar-refractivity contribution >= 4 is 27.9 Å². The van der Waals surface area contributed by atoms with E-state index in [2.05, 4.69) is 70.3 Å². The fourth-order valence-corrected chi connectivity index (χ4v) is 6.21. The fourth-order valence-electron chi connectivity index (χ4n) is 5.14. The van der Waals surface area contributed by atoms with Gasteiger partial charge in [0.15, 0.2) is 0 Å². The number of unbranched alkanes of at least 4 members (excludes halogenated alkanes) is 2. The van der Waals surface area contributed by atoms with Gasteiger partial charge >= 0.3 is 0 Å². The van der Waals surface area contributed by atoms with Crippen LogP contribution in [0.25, 0.3) is 0 Å². The first-order valence-corrected chi connectivity index (χ1v) is 17.1. The predicted molar refractivity (Wildman–Crippen MR) is 172 cm³/mol. The number of hydrogen-bond donors (Lipinski definition) is 3. The van der Waals surface area contributed by atoms with Gasteiger partial charge in [-0.2, -0.15) is 15.0 Å². The Labute approximate surface area is 252 Å². The van der Waals surface area contributed by atoms with Crippen LogP contribution in [0.3, 0.4) is 0 Å². The van der Waals surface area contributed by atoms with Gasteiger partial charge in [-0.1, -0.05) is 76.4 Å². The van der Waals surface area contributed by atoms with Crippen LogP contribution in [0.1, 0.15) is 82.4 Å². The lowest BCUT2D eigenvalue weighted by Gasteiger charge is -2.25. The molecule has 0 saturated carbocycles. The molecule has 0 aliphatic carbocycles. The van der Waals surface area contributed by atoms with Crippen molar-refractivity contribution in [3.05, 3.63) is 65.2 Å². The Morgan fingerprint density at radius 1 is 0.786 bits per heavy atom. The van der Waals surface area contributed by atoms with Crippen LogP contribution < -0.4 is 20.3 Å². The van der Waals surface area contributed by atoms with Crippen molar-refractivity contribution in [2.75, 3.05) is 35.2 Å². The standard InChI is InChI=1S/C32H47N7O2S/c1-4-7-11-26-13-15-27(16-14-26)23-34-31-36-30(33-21-8-5-2)37-32(38-31)39-22-9-12-28(39)24-35-42(40,41)29-19-17-25(10-6-3)18-20-29/h13-20,28,35H,4-12,21-24H2,1-3H3,(H2,33,34,36,37,38)/t28-/m1/s1. The maximum Gasteiger partial charge on any atom is 0.240 e. The Kier molecular flexibility index (Phi) is 12.0. The van der Waals surface area contributed by atoms with E-state index in [1.165, 1.54) is 18.4 Å². The van der Waals surface area contributed by atoms with E-state index in [-0.39, 0.29) is 12.6 Å². The summed E-state index contributed by atoms with van der Waals surface area (Å²) in [5.74, 6) is 1.60. The number of benzene rings is 2. The van der Waals surface area contributed by atoms with Gasteiger partial charge in [-0.25, -0.2) is 13.1 Å². The summed E-state index contributed by atoms with van der Waals surface area (Å²) in [6, 6.07) is 15.8. The van der Waals surface area contributed by atoms with E-state index in [0.29, 0.717) is 29.3 Å². The second-order valence-electron chi connectivity index (χ2n) is 11.1. The number of hydrogen-bond acceptors (Lipinski definition) is 8. The second kappa shape index (κ2) is 15.8. The first-order chi connectivity index (χ1) is 20.4. The third-order valence-corrected chi connectivity index (χ3v) is 9.08. The smallest absolute Gasteiger partial charge is 0.240 e. The fraction of sp³-hybridized carbons (Fsp3) is 0.531. The number of anilines is 3. The van der Waals surface area contributed by atoms with E-state index in [1.54, 1.807) is 12.1 Å². The minimum atomic E-state index is -3.62. The summed E-state index contributed by atoms with van der Waals surface area (Å²) in [6.45, 7) is 8.90. The van der Waals surface area contributed by atoms with E-state index >= 15 is 0 Å². The van der Waals surface area contributed by atoms with Crippen LogP contribution in [-0.4, -0.2) is 49.0 Å². The molecule has 1 aromatic heterocycles. The highest BCUT2D eigenvalue weighted by Gasteiger charge is 2.29. The number of sulfonamides is 1. The lowest BCUT2D eigenvalue weighted by molar-refractivity contribution is 0.565. The Balaban J connectivity index is 1.45. The molecule has 1 aliphatic rings. The lowest BCUT2D eigenvalue weighted by atomic mass is 10.1. The van der Waals surface area contributed by atoms with Crippen molar-refractivity contribution in [3.8, 4) is 0 Å². The van der Waals surface area contributed by atoms with Gasteiger partial charge in [0.1, 0.15) is 0 Å². The highest BCUT2D eigenvalue weighted by Crippen LogP contribution is 2.25. The predicted octanol–water partition coefficient (Wildman–Crippen LogP) is 5.94. The first-order valence-electron chi connectivity index (χ1n) is 15.6. The molecule has 42 heavy (non-hydrogen) atoms. The van der Waals surface area contributed by atoms with Gasteiger partial charge in [0.05, 0.1) is 4.90 Å². The summed E-state index contributed by atoms with van der Waals surface area (Å²) in [5, 5.41) is 6.72. The lowest BCUT2D eigenvalue weighted by Crippen LogP contribution is -2.41. The van der Waals surface area contributed by atoms with E-state index < -0.39 is 10.0 Å². The molecule has 9 nitrogen and oxygen atoms in total. The average molecular weight is 594 g/mol. The van der Waals surface area contributed by atoms with Crippen molar-refractivity contribution in [2.45, 2.75) is 96.0 Å². The van der Waals surface area contributed by atoms with E-state index in [9.17, 15) is 8.42 Å². The van der Waals surface area contributed by atoms with Gasteiger partial charge in [-0.15, -0.1) is 0 Å². The number of aromatic nitrogens is 3. The molecular formula is C32H47N7O2S. The quantitative estimate of drug-likeness (QED) is 0.165. The van der Waals surface area contributed by atoms with Crippen molar-refractivity contribution in [3.63, 3.8) is 0 Å². The summed E-state index contributed by atoms with van der Waals surface area (Å²) < 4.78 is 28.9. The molecule has 1 atom stereocenters. The number of nitrogens with one attached hydrogen (secondary N) is 3. The normalized spacial score (nSPS) is 15.2. The van der Waals surface area contributed by atoms with Crippen LogP contribution in [0.2, 0.25) is 0 Å². The summed E-state index contributed by atoms with van der Waals surface area (Å²) in [7, 11) is -3.62. The third-order valence-electron chi connectivity index (χ3n) is 7.64. The Morgan fingerprint density at radius 2 is 1.43 bits per heavy atom. The minimum absolute atomic E-state index is 0.0476. The van der Waals surface area contributed by atoms with Gasteiger partial charge in [-0.05, 0) is 67.3 Å². The Morgan fingerprint density at radius 3 is 2.12 bits per heavy atom. The molecule has 2 heterocycles. The van der Waals surface area contributed by atoms with Gasteiger partial charge in [-0.3, -0.25) is 0 Å². The number of aryl methyl sites for hydroxylation is 2. The molecule has 0 amide bonds. The van der Waals surface area contributed by atoms with Crippen molar-refractivity contribution < 1.29 is 8.42 Å². The largest absolute Gasteiger partial charge is 0.354 e. The monoisotopic (exact) mass is 593 g/mol. The SMILES string of the molecule is CCCCNc1nc(NCc2ccc(CCCC)cc2)nc(N2CCC[C@@H]2CNS(=O)(=O)c2ccc(CCC)cc2)n1. The highest BCUT2D eigenvalue weighted by molar-refractivity contribution is 7.89. The van der Waals surface area contributed by atoms with Crippen LogP contribution in [0.5, 0.6) is 0 Å². The van der Waals surface area contributed by atoms with Crippen LogP contribution in [0.15, 0.2) is 53.4 Å². The van der Waals surface area contributed by atoms with Crippen LogP contribution in [0, 0.1) is 0 Å². The number of rotatable bonds is 17. The molecule has 1 saturated heterocycles. The zero-order chi connectivity index (χ0) is 29.8. The van der Waals surface area contributed by atoms with Gasteiger partial charge in [0.25, 0.3) is 0 Å². The molecule has 0 spiro atoms. The highest BCUT2D eigenvalue weighted by atomic mass is 32.2. The molecule has 2 aromatic carbocycles. The summed E-state index contributed by atoms with van der Waals surface area (Å²) in [5.41, 5.74) is 3.66. The van der Waals surface area contributed by atoms with Gasteiger partial charge in [0.2, 0.25) is 27.9 Å². The summed E-state index contributed by atoms with van der Waals surface area (Å²) >= 11 is 0. The van der Waals surface area contributed by atoms with Gasteiger partial charge < -0.3 is 15.5 Å². The maximum atomic E-state index is 13.1. The van der Waals surface area contributed by atoms with Crippen LogP contribution in [0.4, 0.5) is 17.8 Å². The second-order valence-corrected chi connectivity index (χ2v) is 12.8. The molecule has 3 N–H and O–H groups in total. The Bertz CT molecular complexity index is 1350. The molecule has 0 radical (unpaired) electrons. The van der Waals surface area contributed by atoms with Crippen molar-refractivity contribution in [2.24, 2.45) is 0 Å². The minimum Gasteiger partial charge on any atom is -0.354 e. The molecule has 3 aromatic rings. The van der Waals surface area contributed by atoms with Crippen molar-refractivity contribution in [1.82, 2.24) is 19.7 Å².